The van der Waals surface area contributed by atoms with Crippen LogP contribution >= 0.6 is 0 Å². The Balaban J connectivity index is 1.29. The number of piperidine rings is 1. The summed E-state index contributed by atoms with van der Waals surface area (Å²) in [4.78, 5) is 6.40. The largest absolute Gasteiger partial charge is 0.493 e. The third-order valence-corrected chi connectivity index (χ3v) is 6.78. The number of allylic oxidation sites excluding steroid dienone is 1. The van der Waals surface area contributed by atoms with Gasteiger partial charge < -0.3 is 9.47 Å². The number of para-hydroxylation sites is 1. The monoisotopic (exact) mass is 438 g/mol. The smallest absolute Gasteiger partial charge is 0.217 e. The zero-order valence-electron chi connectivity index (χ0n) is 19.1. The van der Waals surface area contributed by atoms with Gasteiger partial charge in [0.2, 0.25) is 5.88 Å². The lowest BCUT2D eigenvalue weighted by atomic mass is 9.90. The summed E-state index contributed by atoms with van der Waals surface area (Å²) in [5.41, 5.74) is 1.98. The predicted octanol–water partition coefficient (Wildman–Crippen LogP) is 6.11. The molecule has 4 rings (SSSR count). The summed E-state index contributed by atoms with van der Waals surface area (Å²) in [6, 6.07) is 9.90. The van der Waals surface area contributed by atoms with Crippen molar-refractivity contribution in [2.24, 2.45) is 11.8 Å². The molecular formula is C27H35FN2O2. The molecule has 2 aliphatic rings. The van der Waals surface area contributed by atoms with Crippen LogP contribution in [0.4, 0.5) is 4.39 Å². The fourth-order valence-electron chi connectivity index (χ4n) is 4.86. The van der Waals surface area contributed by atoms with Gasteiger partial charge in [0.1, 0.15) is 11.6 Å². The van der Waals surface area contributed by atoms with E-state index in [0.29, 0.717) is 24.3 Å². The highest BCUT2D eigenvalue weighted by molar-refractivity contribution is 5.57. The van der Waals surface area contributed by atoms with Gasteiger partial charge in [0, 0.05) is 17.7 Å². The minimum absolute atomic E-state index is 0.317. The van der Waals surface area contributed by atoms with Gasteiger partial charge in [0.05, 0.1) is 19.9 Å². The molecule has 5 heteroatoms. The molecule has 0 N–H and O–H groups in total. The van der Waals surface area contributed by atoms with Gasteiger partial charge in [0.15, 0.2) is 0 Å². The summed E-state index contributed by atoms with van der Waals surface area (Å²) in [5.74, 6) is 2.45. The maximum atomic E-state index is 13.6. The summed E-state index contributed by atoms with van der Waals surface area (Å²) < 4.78 is 25.1. The number of nitrogens with zero attached hydrogens (tertiary/aromatic N) is 2. The molecule has 0 bridgehead atoms. The third kappa shape index (κ3) is 6.32. The molecular weight excluding hydrogens is 403 g/mol. The second-order valence-electron chi connectivity index (χ2n) is 9.15. The highest BCUT2D eigenvalue weighted by Gasteiger charge is 2.20. The average Bonchev–Trinajstić information content (AvgIpc) is 2.84. The van der Waals surface area contributed by atoms with Gasteiger partial charge >= 0.3 is 0 Å². The second kappa shape index (κ2) is 11.5. The van der Waals surface area contributed by atoms with Crippen LogP contribution in [0.3, 0.4) is 0 Å². The Morgan fingerprint density at radius 1 is 1.09 bits per heavy atom. The van der Waals surface area contributed by atoms with E-state index in [4.69, 9.17) is 9.47 Å². The highest BCUT2D eigenvalue weighted by Crippen LogP contribution is 2.28. The molecule has 1 saturated heterocycles. The highest BCUT2D eigenvalue weighted by atomic mass is 19.1. The van der Waals surface area contributed by atoms with Gasteiger partial charge in [-0.25, -0.2) is 9.37 Å². The summed E-state index contributed by atoms with van der Waals surface area (Å²) in [6.45, 7) is 3.47. The van der Waals surface area contributed by atoms with Crippen molar-refractivity contribution in [3.05, 3.63) is 59.5 Å². The fourth-order valence-corrected chi connectivity index (χ4v) is 4.86. The maximum Gasteiger partial charge on any atom is 0.217 e. The van der Waals surface area contributed by atoms with Gasteiger partial charge in [-0.1, -0.05) is 49.6 Å². The van der Waals surface area contributed by atoms with Crippen molar-refractivity contribution < 1.29 is 13.9 Å². The van der Waals surface area contributed by atoms with E-state index in [9.17, 15) is 4.39 Å². The number of hydrogen-bond donors (Lipinski definition) is 0. The molecule has 1 aromatic carbocycles. The Morgan fingerprint density at radius 2 is 1.88 bits per heavy atom. The Morgan fingerprint density at radius 3 is 2.66 bits per heavy atom. The van der Waals surface area contributed by atoms with Crippen molar-refractivity contribution in [1.29, 1.82) is 0 Å². The number of halogens is 1. The standard InChI is InChI=1S/C27H35FN2O2/c1-31-27-24(17-25(28)18-29-27)19-30-15-13-21(14-16-30)11-12-23-9-5-6-10-26(23)32-20-22-7-3-2-4-8-22/h5-6,9-12,17-18,21-22H,2-4,7-8,13-16,19-20H2,1H3/b12-11+. The summed E-state index contributed by atoms with van der Waals surface area (Å²) in [6.07, 6.45) is 14.6. The number of pyridine rings is 1. The van der Waals surface area contributed by atoms with Crippen molar-refractivity contribution in [1.82, 2.24) is 9.88 Å². The van der Waals surface area contributed by atoms with E-state index in [1.165, 1.54) is 49.9 Å². The third-order valence-electron chi connectivity index (χ3n) is 6.78. The van der Waals surface area contributed by atoms with Crippen molar-refractivity contribution in [2.45, 2.75) is 51.5 Å². The summed E-state index contributed by atoms with van der Waals surface area (Å²) in [5, 5.41) is 0. The first-order valence-corrected chi connectivity index (χ1v) is 12.0. The zero-order chi connectivity index (χ0) is 22.2. The SMILES string of the molecule is COc1ncc(F)cc1CN1CCC(/C=C/c2ccccc2OCC2CCCCC2)CC1. The molecule has 1 aliphatic heterocycles. The van der Waals surface area contributed by atoms with Gasteiger partial charge in [0.25, 0.3) is 0 Å². The van der Waals surface area contributed by atoms with E-state index in [0.717, 1.165) is 43.9 Å². The van der Waals surface area contributed by atoms with Crippen LogP contribution in [-0.4, -0.2) is 36.7 Å². The lowest BCUT2D eigenvalue weighted by Gasteiger charge is -2.30. The van der Waals surface area contributed by atoms with Crippen molar-refractivity contribution >= 4 is 6.08 Å². The van der Waals surface area contributed by atoms with Crippen LogP contribution in [0.1, 0.15) is 56.1 Å². The van der Waals surface area contributed by atoms with Crippen LogP contribution < -0.4 is 9.47 Å². The summed E-state index contributed by atoms with van der Waals surface area (Å²) in [7, 11) is 1.58. The molecule has 172 valence electrons. The lowest BCUT2D eigenvalue weighted by molar-refractivity contribution is 0.193. The maximum absolute atomic E-state index is 13.6. The Labute approximate surface area is 191 Å². The molecule has 0 radical (unpaired) electrons. The normalized spacial score (nSPS) is 18.8. The molecule has 1 aliphatic carbocycles. The van der Waals surface area contributed by atoms with Crippen LogP contribution in [-0.2, 0) is 6.54 Å². The number of likely N-dealkylation sites (tertiary alicyclic amines) is 1. The molecule has 0 spiro atoms. The molecule has 0 amide bonds. The van der Waals surface area contributed by atoms with Crippen molar-refractivity contribution in [3.8, 4) is 11.6 Å². The molecule has 0 unspecified atom stereocenters. The molecule has 0 atom stereocenters. The van der Waals surface area contributed by atoms with E-state index in [2.05, 4.69) is 46.3 Å². The zero-order valence-corrected chi connectivity index (χ0v) is 19.1. The first kappa shape index (κ1) is 22.8. The summed E-state index contributed by atoms with van der Waals surface area (Å²) >= 11 is 0. The second-order valence-corrected chi connectivity index (χ2v) is 9.15. The quantitative estimate of drug-likeness (QED) is 0.498. The van der Waals surface area contributed by atoms with E-state index < -0.39 is 0 Å². The average molecular weight is 439 g/mol. The van der Waals surface area contributed by atoms with E-state index >= 15 is 0 Å². The number of aromatic nitrogens is 1. The van der Waals surface area contributed by atoms with Crippen LogP contribution in [0, 0.1) is 17.7 Å². The lowest BCUT2D eigenvalue weighted by Crippen LogP contribution is -2.32. The number of benzene rings is 1. The van der Waals surface area contributed by atoms with Crippen LogP contribution in [0.15, 0.2) is 42.6 Å². The number of methoxy groups -OCH3 is 1. The molecule has 2 aromatic rings. The van der Waals surface area contributed by atoms with E-state index in [1.54, 1.807) is 7.11 Å². The van der Waals surface area contributed by atoms with Gasteiger partial charge in [-0.05, 0) is 62.7 Å². The first-order valence-electron chi connectivity index (χ1n) is 12.0. The van der Waals surface area contributed by atoms with Crippen LogP contribution in [0.2, 0.25) is 0 Å². The van der Waals surface area contributed by atoms with Gasteiger partial charge in [-0.15, -0.1) is 0 Å². The van der Waals surface area contributed by atoms with Crippen LogP contribution in [0.25, 0.3) is 6.08 Å². The topological polar surface area (TPSA) is 34.6 Å². The number of hydrogen-bond acceptors (Lipinski definition) is 4. The van der Waals surface area contributed by atoms with Gasteiger partial charge in [-0.2, -0.15) is 0 Å². The van der Waals surface area contributed by atoms with E-state index in [1.807, 2.05) is 0 Å². The molecule has 4 nitrogen and oxygen atoms in total. The van der Waals surface area contributed by atoms with Crippen molar-refractivity contribution in [3.63, 3.8) is 0 Å². The molecule has 32 heavy (non-hydrogen) atoms. The number of ether oxygens (including phenoxy) is 2. The van der Waals surface area contributed by atoms with Gasteiger partial charge in [-0.3, -0.25) is 4.90 Å². The van der Waals surface area contributed by atoms with E-state index in [-0.39, 0.29) is 5.82 Å². The molecule has 1 aromatic heterocycles. The van der Waals surface area contributed by atoms with Crippen molar-refractivity contribution in [2.75, 3.05) is 26.8 Å². The first-order chi connectivity index (χ1) is 15.7. The fraction of sp³-hybridized carbons (Fsp3) is 0.519. The van der Waals surface area contributed by atoms with Crippen LogP contribution in [0.5, 0.6) is 11.6 Å². The minimum Gasteiger partial charge on any atom is -0.493 e. The minimum atomic E-state index is -0.317. The predicted molar refractivity (Wildman–Crippen MR) is 126 cm³/mol. The molecule has 2 heterocycles. The Kier molecular flexibility index (Phi) is 8.16. The molecule has 1 saturated carbocycles. The number of rotatable bonds is 8. The Bertz CT molecular complexity index is 887. The Hall–Kier alpha value is -2.40. The molecule has 2 fully saturated rings.